The van der Waals surface area contributed by atoms with Crippen molar-refractivity contribution in [3.05, 3.63) is 29.8 Å². The van der Waals surface area contributed by atoms with Crippen molar-refractivity contribution in [3.8, 4) is 5.75 Å². The molecule has 18 heteroatoms. The van der Waals surface area contributed by atoms with Crippen LogP contribution in [0.5, 0.6) is 5.75 Å². The normalized spacial score (nSPS) is 14.1. The van der Waals surface area contributed by atoms with Gasteiger partial charge in [0.2, 0.25) is 35.4 Å². The molecule has 0 spiro atoms. The molecule has 1 aromatic rings. The Balaban J connectivity index is 3.26. The molecule has 0 aliphatic carbocycles. The summed E-state index contributed by atoms with van der Waals surface area (Å²) in [5.41, 5.74) is 16.7. The Labute approximate surface area is 263 Å². The van der Waals surface area contributed by atoms with Crippen LogP contribution < -0.4 is 38.5 Å². The van der Waals surface area contributed by atoms with Crippen molar-refractivity contribution < 1.29 is 53.7 Å². The highest BCUT2D eigenvalue weighted by molar-refractivity contribution is 5.97. The van der Waals surface area contributed by atoms with E-state index in [1.54, 1.807) is 13.8 Å². The number of carboxylic acids is 2. The number of hydrogen-bond donors (Lipinski definition) is 10. The van der Waals surface area contributed by atoms with Crippen LogP contribution in [0.1, 0.15) is 51.5 Å². The highest BCUT2D eigenvalue weighted by atomic mass is 16.4. The molecule has 18 nitrogen and oxygen atoms in total. The van der Waals surface area contributed by atoms with E-state index < -0.39 is 90.4 Å². The van der Waals surface area contributed by atoms with Crippen LogP contribution in [0.25, 0.3) is 0 Å². The standard InChI is InChI=1S/C28H41N7O11/c1-13(2)9-17(25(42)35-20(28(45)46)12-23(39)40)33-27(44)19(11-22(31)38)34-26(43)18(10-14-3-5-15(36)6-4-14)32-24(41)16(29)7-8-21(30)37/h3-6,13,16-20,36H,7-12,29H2,1-2H3,(H2,30,37)(H2,31,38)(H,32,41)(H,33,44)(H,34,43)(H,35,42)(H,39,40)(H,45,46)/t16-,17-,18-,19-,20-/m0/s1. The molecule has 0 aliphatic rings. The van der Waals surface area contributed by atoms with E-state index >= 15 is 0 Å². The van der Waals surface area contributed by atoms with Gasteiger partial charge in [0.25, 0.3) is 0 Å². The molecule has 1 aromatic carbocycles. The minimum atomic E-state index is -1.81. The molecule has 13 N–H and O–H groups in total. The lowest BCUT2D eigenvalue weighted by atomic mass is 10.0. The van der Waals surface area contributed by atoms with Gasteiger partial charge in [-0.05, 0) is 36.5 Å². The predicted octanol–water partition coefficient (Wildman–Crippen LogP) is -3.05. The third kappa shape index (κ3) is 14.5. The third-order valence-electron chi connectivity index (χ3n) is 6.42. The van der Waals surface area contributed by atoms with Gasteiger partial charge < -0.3 is 53.8 Å². The van der Waals surface area contributed by atoms with Gasteiger partial charge in [0.15, 0.2) is 0 Å². The molecule has 46 heavy (non-hydrogen) atoms. The first-order valence-corrected chi connectivity index (χ1v) is 14.2. The number of carboxylic acid groups (broad SMARTS) is 2. The summed E-state index contributed by atoms with van der Waals surface area (Å²) in [6.45, 7) is 3.37. The minimum Gasteiger partial charge on any atom is -0.508 e. The summed E-state index contributed by atoms with van der Waals surface area (Å²) in [6, 6.07) is -1.94. The number of amides is 6. The Morgan fingerprint density at radius 1 is 0.696 bits per heavy atom. The molecule has 6 amide bonds. The number of primary amides is 2. The fourth-order valence-corrected chi connectivity index (χ4v) is 4.09. The molecule has 5 atom stereocenters. The highest BCUT2D eigenvalue weighted by Crippen LogP contribution is 2.13. The van der Waals surface area contributed by atoms with E-state index in [0.717, 1.165) is 0 Å². The Hall–Kier alpha value is -5.26. The summed E-state index contributed by atoms with van der Waals surface area (Å²) < 4.78 is 0. The van der Waals surface area contributed by atoms with Gasteiger partial charge in [0.05, 0.1) is 18.9 Å². The van der Waals surface area contributed by atoms with Crippen molar-refractivity contribution in [1.82, 2.24) is 21.3 Å². The van der Waals surface area contributed by atoms with Gasteiger partial charge in [-0.1, -0.05) is 26.0 Å². The molecular weight excluding hydrogens is 610 g/mol. The summed E-state index contributed by atoms with van der Waals surface area (Å²) in [6.07, 6.45) is -2.25. The zero-order chi connectivity index (χ0) is 35.1. The van der Waals surface area contributed by atoms with Crippen LogP contribution in [0.15, 0.2) is 24.3 Å². The van der Waals surface area contributed by atoms with Crippen molar-refractivity contribution in [2.24, 2.45) is 23.1 Å². The van der Waals surface area contributed by atoms with E-state index in [-0.39, 0.29) is 37.4 Å². The minimum absolute atomic E-state index is 0.0447. The van der Waals surface area contributed by atoms with Crippen molar-refractivity contribution in [2.45, 2.75) is 82.6 Å². The number of aliphatic carboxylic acids is 2. The molecule has 0 unspecified atom stereocenters. The Kier molecular flexibility index (Phi) is 15.6. The largest absolute Gasteiger partial charge is 0.508 e. The average molecular weight is 652 g/mol. The molecule has 1 rings (SSSR count). The number of phenols is 1. The second kappa shape index (κ2) is 18.5. The predicted molar refractivity (Wildman–Crippen MR) is 159 cm³/mol. The maximum Gasteiger partial charge on any atom is 0.326 e. The van der Waals surface area contributed by atoms with Crippen LogP contribution >= 0.6 is 0 Å². The number of carbonyl (C=O) groups is 8. The van der Waals surface area contributed by atoms with E-state index in [4.69, 9.17) is 22.3 Å². The van der Waals surface area contributed by atoms with E-state index in [9.17, 15) is 48.6 Å². The molecular formula is C28H41N7O11. The molecule has 0 heterocycles. The van der Waals surface area contributed by atoms with E-state index in [2.05, 4.69) is 21.3 Å². The van der Waals surface area contributed by atoms with Crippen LogP contribution in [0.3, 0.4) is 0 Å². The molecule has 0 saturated carbocycles. The van der Waals surface area contributed by atoms with Crippen LogP contribution in [-0.4, -0.2) is 92.9 Å². The first-order chi connectivity index (χ1) is 21.4. The first-order valence-electron chi connectivity index (χ1n) is 14.2. The van der Waals surface area contributed by atoms with Gasteiger partial charge >= 0.3 is 11.9 Å². The van der Waals surface area contributed by atoms with Gasteiger partial charge in [0.1, 0.15) is 29.9 Å². The molecule has 0 radical (unpaired) electrons. The van der Waals surface area contributed by atoms with Crippen LogP contribution in [0.4, 0.5) is 0 Å². The molecule has 0 aliphatic heterocycles. The maximum absolute atomic E-state index is 13.4. The summed E-state index contributed by atoms with van der Waals surface area (Å²) in [5.74, 6) is -9.05. The lowest BCUT2D eigenvalue weighted by molar-refractivity contribution is -0.147. The van der Waals surface area contributed by atoms with Gasteiger partial charge in [-0.2, -0.15) is 0 Å². The van der Waals surface area contributed by atoms with Crippen molar-refractivity contribution >= 4 is 47.4 Å². The van der Waals surface area contributed by atoms with Crippen LogP contribution in [0, 0.1) is 5.92 Å². The zero-order valence-corrected chi connectivity index (χ0v) is 25.4. The number of benzene rings is 1. The number of aromatic hydroxyl groups is 1. The lowest BCUT2D eigenvalue weighted by Gasteiger charge is -2.26. The number of rotatable bonds is 20. The molecule has 0 bridgehead atoms. The van der Waals surface area contributed by atoms with Crippen LogP contribution in [-0.2, 0) is 44.8 Å². The topological polar surface area (TPSA) is 323 Å². The fourth-order valence-electron chi connectivity index (χ4n) is 4.09. The molecule has 0 fully saturated rings. The number of nitrogens with one attached hydrogen (secondary N) is 4. The molecule has 254 valence electrons. The lowest BCUT2D eigenvalue weighted by Crippen LogP contribution is -2.59. The zero-order valence-electron chi connectivity index (χ0n) is 25.4. The van der Waals surface area contributed by atoms with Gasteiger partial charge in [-0.3, -0.25) is 33.6 Å². The fraction of sp³-hybridized carbons (Fsp3) is 0.500. The third-order valence-corrected chi connectivity index (χ3v) is 6.42. The summed E-state index contributed by atoms with van der Waals surface area (Å²) >= 11 is 0. The number of nitrogens with two attached hydrogens (primary N) is 3. The number of carbonyl (C=O) groups excluding carboxylic acids is 6. The summed E-state index contributed by atoms with van der Waals surface area (Å²) in [4.78, 5) is 97.8. The quantitative estimate of drug-likeness (QED) is 0.0672. The molecule has 0 saturated heterocycles. The smallest absolute Gasteiger partial charge is 0.326 e. The Bertz CT molecular complexity index is 1290. The van der Waals surface area contributed by atoms with Crippen LogP contribution in [0.2, 0.25) is 0 Å². The molecule has 0 aromatic heterocycles. The van der Waals surface area contributed by atoms with Gasteiger partial charge in [-0.15, -0.1) is 0 Å². The second-order valence-corrected chi connectivity index (χ2v) is 11.0. The summed E-state index contributed by atoms with van der Waals surface area (Å²) in [7, 11) is 0. The summed E-state index contributed by atoms with van der Waals surface area (Å²) in [5, 5.41) is 37.0. The maximum atomic E-state index is 13.4. The first kappa shape index (κ1) is 38.8. The second-order valence-electron chi connectivity index (χ2n) is 11.0. The Morgan fingerprint density at radius 2 is 1.20 bits per heavy atom. The Morgan fingerprint density at radius 3 is 1.70 bits per heavy atom. The number of phenolic OH excluding ortho intramolecular Hbond substituents is 1. The average Bonchev–Trinajstić information content (AvgIpc) is 2.94. The van der Waals surface area contributed by atoms with Gasteiger partial charge in [-0.25, -0.2) is 4.79 Å². The van der Waals surface area contributed by atoms with Crippen molar-refractivity contribution in [1.29, 1.82) is 0 Å². The van der Waals surface area contributed by atoms with Crippen molar-refractivity contribution in [3.63, 3.8) is 0 Å². The van der Waals surface area contributed by atoms with E-state index in [0.29, 0.717) is 5.56 Å². The SMILES string of the molecule is CC(C)C[C@H](NC(=O)[C@H](CC(N)=O)NC(=O)[C@H](Cc1ccc(O)cc1)NC(=O)[C@@H](N)CCC(N)=O)C(=O)N[C@@H](CC(=O)O)C(=O)O. The monoisotopic (exact) mass is 651 g/mol. The van der Waals surface area contributed by atoms with Crippen molar-refractivity contribution in [2.75, 3.05) is 0 Å². The number of hydrogen-bond acceptors (Lipinski definition) is 10. The van der Waals surface area contributed by atoms with E-state index in [1.165, 1.54) is 24.3 Å². The highest BCUT2D eigenvalue weighted by Gasteiger charge is 2.33. The van der Waals surface area contributed by atoms with Gasteiger partial charge in [0, 0.05) is 12.8 Å². The van der Waals surface area contributed by atoms with E-state index in [1.807, 2.05) is 0 Å².